The number of nitrogens with zero attached hydrogens (tertiary/aromatic N) is 2. The number of amides is 2. The molecule has 0 aliphatic heterocycles. The summed E-state index contributed by atoms with van der Waals surface area (Å²) >= 11 is 9.74. The van der Waals surface area contributed by atoms with Gasteiger partial charge in [0, 0.05) is 29.5 Å². The van der Waals surface area contributed by atoms with Crippen molar-refractivity contribution in [2.45, 2.75) is 30.8 Å². The Balaban J connectivity index is 1.81. The van der Waals surface area contributed by atoms with Crippen molar-refractivity contribution < 1.29 is 18.0 Å². The lowest BCUT2D eigenvalue weighted by molar-refractivity contribution is -0.139. The number of carbonyl (C=O) groups excluding carboxylic acids is 2. The highest BCUT2D eigenvalue weighted by Gasteiger charge is 2.34. The average molecular weight is 669 g/mol. The summed E-state index contributed by atoms with van der Waals surface area (Å²) in [6, 6.07) is 28.7. The lowest BCUT2D eigenvalue weighted by Crippen LogP contribution is -2.53. The van der Waals surface area contributed by atoms with Crippen LogP contribution in [0.2, 0.25) is 5.02 Å². The zero-order valence-electron chi connectivity index (χ0n) is 23.2. The molecule has 0 saturated carbocycles. The molecule has 0 radical (unpaired) electrons. The highest BCUT2D eigenvalue weighted by Crippen LogP contribution is 2.30. The van der Waals surface area contributed by atoms with Crippen molar-refractivity contribution in [2.75, 3.05) is 17.9 Å². The van der Waals surface area contributed by atoms with Crippen LogP contribution in [0.4, 0.5) is 5.69 Å². The molecular weight excluding hydrogens is 638 g/mol. The van der Waals surface area contributed by atoms with Crippen molar-refractivity contribution in [1.82, 2.24) is 10.2 Å². The fraction of sp³-hybridized carbons (Fsp3) is 0.188. The topological polar surface area (TPSA) is 86.8 Å². The quantitative estimate of drug-likeness (QED) is 0.213. The standard InChI is InChI=1S/C32H31BrClN3O4S/c1-23-13-18-27(34)20-29(23)37(42(40,41)28-11-7-4-8-12-28)22-31(38)36(21-25-14-16-26(33)17-15-25)30(32(39)35-2)19-24-9-5-3-6-10-24/h3-18,20,30H,19,21-22H2,1-2H3,(H,35,39). The van der Waals surface area contributed by atoms with Gasteiger partial charge in [0.05, 0.1) is 10.6 Å². The Morgan fingerprint density at radius 3 is 2.12 bits per heavy atom. The van der Waals surface area contributed by atoms with Gasteiger partial charge in [0.1, 0.15) is 12.6 Å². The molecule has 0 fully saturated rings. The van der Waals surface area contributed by atoms with Gasteiger partial charge in [0.15, 0.2) is 0 Å². The monoisotopic (exact) mass is 667 g/mol. The number of hydrogen-bond acceptors (Lipinski definition) is 4. The summed E-state index contributed by atoms with van der Waals surface area (Å²) in [5.41, 5.74) is 2.55. The van der Waals surface area contributed by atoms with E-state index in [0.717, 1.165) is 19.9 Å². The van der Waals surface area contributed by atoms with Gasteiger partial charge in [0.25, 0.3) is 10.0 Å². The van der Waals surface area contributed by atoms with E-state index in [1.807, 2.05) is 54.6 Å². The molecule has 7 nitrogen and oxygen atoms in total. The lowest BCUT2D eigenvalue weighted by Gasteiger charge is -2.34. The maximum absolute atomic E-state index is 14.3. The van der Waals surface area contributed by atoms with Gasteiger partial charge in [-0.25, -0.2) is 8.42 Å². The minimum absolute atomic E-state index is 0.0313. The second kappa shape index (κ2) is 14.0. The minimum Gasteiger partial charge on any atom is -0.357 e. The number of halogens is 2. The highest BCUT2D eigenvalue weighted by molar-refractivity contribution is 9.10. The number of benzene rings is 4. The van der Waals surface area contributed by atoms with Gasteiger partial charge in [-0.2, -0.15) is 0 Å². The molecule has 1 N–H and O–H groups in total. The maximum atomic E-state index is 14.3. The number of rotatable bonds is 11. The summed E-state index contributed by atoms with van der Waals surface area (Å²) in [7, 11) is -2.67. The van der Waals surface area contributed by atoms with Crippen molar-refractivity contribution in [3.8, 4) is 0 Å². The van der Waals surface area contributed by atoms with Gasteiger partial charge in [0.2, 0.25) is 11.8 Å². The van der Waals surface area contributed by atoms with Crippen molar-refractivity contribution in [3.05, 3.63) is 129 Å². The molecule has 0 bridgehead atoms. The molecule has 42 heavy (non-hydrogen) atoms. The van der Waals surface area contributed by atoms with Crippen LogP contribution in [0.25, 0.3) is 0 Å². The predicted molar refractivity (Wildman–Crippen MR) is 170 cm³/mol. The largest absolute Gasteiger partial charge is 0.357 e. The fourth-order valence-electron chi connectivity index (χ4n) is 4.59. The predicted octanol–water partition coefficient (Wildman–Crippen LogP) is 5.99. The molecule has 0 spiro atoms. The van der Waals surface area contributed by atoms with Gasteiger partial charge in [-0.15, -0.1) is 0 Å². The van der Waals surface area contributed by atoms with Crippen LogP contribution < -0.4 is 9.62 Å². The minimum atomic E-state index is -4.19. The van der Waals surface area contributed by atoms with E-state index in [1.165, 1.54) is 30.1 Å². The van der Waals surface area contributed by atoms with Crippen LogP contribution in [0.5, 0.6) is 0 Å². The highest BCUT2D eigenvalue weighted by atomic mass is 79.9. The third-order valence-corrected chi connectivity index (χ3v) is 9.37. The molecule has 218 valence electrons. The summed E-state index contributed by atoms with van der Waals surface area (Å²) in [5.74, 6) is -0.901. The van der Waals surface area contributed by atoms with Crippen molar-refractivity contribution in [1.29, 1.82) is 0 Å². The third kappa shape index (κ3) is 7.59. The van der Waals surface area contributed by atoms with Crippen LogP contribution in [-0.4, -0.2) is 44.8 Å². The summed E-state index contributed by atoms with van der Waals surface area (Å²) in [6.07, 6.45) is 0.240. The van der Waals surface area contributed by atoms with Crippen LogP contribution in [0, 0.1) is 6.92 Å². The van der Waals surface area contributed by atoms with Gasteiger partial charge in [-0.1, -0.05) is 94.3 Å². The van der Waals surface area contributed by atoms with Crippen LogP contribution >= 0.6 is 27.5 Å². The number of nitrogens with one attached hydrogen (secondary N) is 1. The zero-order valence-corrected chi connectivity index (χ0v) is 26.4. The molecule has 4 aromatic rings. The van der Waals surface area contributed by atoms with E-state index in [9.17, 15) is 18.0 Å². The SMILES string of the molecule is CNC(=O)C(Cc1ccccc1)N(Cc1ccc(Br)cc1)C(=O)CN(c1cc(Cl)ccc1C)S(=O)(=O)c1ccccc1. The fourth-order valence-corrected chi connectivity index (χ4v) is 6.51. The number of hydrogen-bond donors (Lipinski definition) is 1. The van der Waals surface area contributed by atoms with Crippen LogP contribution in [0.15, 0.2) is 112 Å². The third-order valence-electron chi connectivity index (χ3n) is 6.83. The second-order valence-corrected chi connectivity index (χ2v) is 12.9. The second-order valence-electron chi connectivity index (χ2n) is 9.72. The van der Waals surface area contributed by atoms with Gasteiger partial charge < -0.3 is 10.2 Å². The number of aryl methyl sites for hydroxylation is 1. The molecule has 4 rings (SSSR count). The number of anilines is 1. The Morgan fingerprint density at radius 2 is 1.50 bits per heavy atom. The van der Waals surface area contributed by atoms with Crippen molar-refractivity contribution in [3.63, 3.8) is 0 Å². The summed E-state index contributed by atoms with van der Waals surface area (Å²) in [5, 5.41) is 3.01. The summed E-state index contributed by atoms with van der Waals surface area (Å²) in [4.78, 5) is 29.1. The molecular formula is C32H31BrClN3O4S. The number of sulfonamides is 1. The van der Waals surface area contributed by atoms with E-state index >= 15 is 0 Å². The first kappa shape index (κ1) is 31.3. The van der Waals surface area contributed by atoms with E-state index in [4.69, 9.17) is 11.6 Å². The molecule has 0 aliphatic carbocycles. The zero-order chi connectivity index (χ0) is 30.3. The van der Waals surface area contributed by atoms with Crippen molar-refractivity contribution >= 4 is 55.1 Å². The Labute approximate surface area is 260 Å². The first-order valence-corrected chi connectivity index (χ1v) is 15.8. The molecule has 1 atom stereocenters. The lowest BCUT2D eigenvalue weighted by atomic mass is 10.0. The molecule has 4 aromatic carbocycles. The molecule has 0 saturated heterocycles. The van der Waals surface area contributed by atoms with E-state index in [0.29, 0.717) is 10.6 Å². The average Bonchev–Trinajstić information content (AvgIpc) is 3.00. The van der Waals surface area contributed by atoms with Crippen molar-refractivity contribution in [2.24, 2.45) is 0 Å². The van der Waals surface area contributed by atoms with E-state index < -0.39 is 28.5 Å². The Hall–Kier alpha value is -3.66. The van der Waals surface area contributed by atoms with Gasteiger partial charge in [-0.3, -0.25) is 13.9 Å². The van der Waals surface area contributed by atoms with Gasteiger partial charge in [-0.05, 0) is 60.0 Å². The molecule has 0 heterocycles. The molecule has 10 heteroatoms. The smallest absolute Gasteiger partial charge is 0.264 e. The number of carbonyl (C=O) groups is 2. The van der Waals surface area contributed by atoms with E-state index in [-0.39, 0.29) is 29.5 Å². The molecule has 0 aromatic heterocycles. The Kier molecular flexibility index (Phi) is 10.4. The van der Waals surface area contributed by atoms with Gasteiger partial charge >= 0.3 is 0 Å². The molecule has 2 amide bonds. The van der Waals surface area contributed by atoms with E-state index in [1.54, 1.807) is 37.3 Å². The van der Waals surface area contributed by atoms with Crippen LogP contribution in [0.1, 0.15) is 16.7 Å². The molecule has 0 aliphatic rings. The molecule has 1 unspecified atom stereocenters. The summed E-state index contributed by atoms with van der Waals surface area (Å²) in [6.45, 7) is 1.30. The first-order chi connectivity index (χ1) is 20.1. The Morgan fingerprint density at radius 1 is 0.881 bits per heavy atom. The van der Waals surface area contributed by atoms with Crippen LogP contribution in [0.3, 0.4) is 0 Å². The summed E-state index contributed by atoms with van der Waals surface area (Å²) < 4.78 is 30.0. The Bertz CT molecular complexity index is 1640. The maximum Gasteiger partial charge on any atom is 0.264 e. The number of likely N-dealkylation sites (N-methyl/N-ethyl adjacent to an activating group) is 1. The normalized spacial score (nSPS) is 11.9. The van der Waals surface area contributed by atoms with E-state index in [2.05, 4.69) is 21.2 Å². The van der Waals surface area contributed by atoms with Crippen LogP contribution in [-0.2, 0) is 32.6 Å². The first-order valence-electron chi connectivity index (χ1n) is 13.2.